The van der Waals surface area contributed by atoms with Crippen LogP contribution in [0.25, 0.3) is 0 Å². The van der Waals surface area contributed by atoms with Crippen LogP contribution in [-0.2, 0) is 16.1 Å². The summed E-state index contributed by atoms with van der Waals surface area (Å²) < 4.78 is 62.7. The number of phenolic OH excluding ortho intramolecular Hbond substituents is 1. The first-order chi connectivity index (χ1) is 15.8. The molecule has 2 aromatic rings. The summed E-state index contributed by atoms with van der Waals surface area (Å²) >= 11 is 0. The lowest BCUT2D eigenvalue weighted by molar-refractivity contribution is -0.192. The minimum absolute atomic E-state index is 0.0800. The maximum Gasteiger partial charge on any atom is 0.490 e. The molecule has 0 unspecified atom stereocenters. The smallest absolute Gasteiger partial charge is 0.490 e. The SMILES string of the molecule is N#Cc1cccc(N2C[C@@]3(F)CN(Cc4cccc(O)c4)C[C@@]3(F)C2=O)c1.O=C(O)C(F)(F)F. The number of hydrogen-bond acceptors (Lipinski definition) is 5. The molecule has 2 heterocycles. The van der Waals surface area contributed by atoms with Gasteiger partial charge in [0.2, 0.25) is 5.67 Å². The number of aromatic hydroxyl groups is 1. The molecule has 2 fully saturated rings. The first-order valence-electron chi connectivity index (χ1n) is 9.79. The van der Waals surface area contributed by atoms with E-state index in [9.17, 15) is 23.1 Å². The number of halogens is 5. The van der Waals surface area contributed by atoms with Gasteiger partial charge in [0.1, 0.15) is 5.75 Å². The van der Waals surface area contributed by atoms with Crippen molar-refractivity contribution in [3.8, 4) is 11.8 Å². The van der Waals surface area contributed by atoms with Crippen LogP contribution in [0.15, 0.2) is 48.5 Å². The average Bonchev–Trinajstić information content (AvgIpc) is 3.11. The molecule has 0 aliphatic carbocycles. The Labute approximate surface area is 190 Å². The van der Waals surface area contributed by atoms with Crippen molar-refractivity contribution < 1.29 is 41.8 Å². The molecule has 2 aromatic carbocycles. The number of anilines is 1. The van der Waals surface area contributed by atoms with Crippen molar-refractivity contribution in [1.82, 2.24) is 4.90 Å². The number of phenols is 1. The van der Waals surface area contributed by atoms with Crippen molar-refractivity contribution >= 4 is 17.6 Å². The van der Waals surface area contributed by atoms with E-state index in [-0.39, 0.29) is 25.4 Å². The monoisotopic (exact) mass is 483 g/mol. The molecular formula is C22H18F5N3O4. The molecule has 7 nitrogen and oxygen atoms in total. The van der Waals surface area contributed by atoms with Crippen molar-refractivity contribution in [1.29, 1.82) is 5.26 Å². The molecule has 2 aliphatic rings. The maximum atomic E-state index is 15.5. The van der Waals surface area contributed by atoms with E-state index in [4.69, 9.17) is 15.2 Å². The number of hydrogen-bond donors (Lipinski definition) is 2. The molecule has 1 amide bonds. The Bertz CT molecular complexity index is 1150. The van der Waals surface area contributed by atoms with Crippen LogP contribution in [0, 0.1) is 11.3 Å². The van der Waals surface area contributed by atoms with E-state index in [1.807, 2.05) is 6.07 Å². The third-order valence-electron chi connectivity index (χ3n) is 5.46. The molecule has 2 saturated heterocycles. The number of nitrogens with zero attached hydrogens (tertiary/aromatic N) is 3. The van der Waals surface area contributed by atoms with E-state index in [1.54, 1.807) is 35.2 Å². The second-order valence-electron chi connectivity index (χ2n) is 7.94. The standard InChI is InChI=1S/C20H17F2N3O2.C2HF3O2/c21-19-11-24(10-15-4-2-6-17(26)8-15)13-20(19,22)18(27)25(12-19)16-5-1-3-14(7-16)9-23;3-2(4,5)1(6)7/h1-8,26H,10-13H2;(H,6,7)/t19-,20+;/m0./s1. The quantitative estimate of drug-likeness (QED) is 0.650. The fraction of sp³-hybridized carbons (Fsp3) is 0.318. The number of fused-ring (bicyclic) bond motifs is 1. The molecule has 0 spiro atoms. The van der Waals surface area contributed by atoms with Crippen molar-refractivity contribution in [3.05, 3.63) is 59.7 Å². The van der Waals surface area contributed by atoms with Gasteiger partial charge in [-0.25, -0.2) is 13.6 Å². The Kier molecular flexibility index (Phi) is 6.53. The van der Waals surface area contributed by atoms with Crippen LogP contribution < -0.4 is 4.90 Å². The van der Waals surface area contributed by atoms with Crippen molar-refractivity contribution in [2.75, 3.05) is 24.5 Å². The molecule has 0 aromatic heterocycles. The van der Waals surface area contributed by atoms with Crippen molar-refractivity contribution in [2.24, 2.45) is 0 Å². The van der Waals surface area contributed by atoms with Crippen LogP contribution in [0.5, 0.6) is 5.75 Å². The summed E-state index contributed by atoms with van der Waals surface area (Å²) in [7, 11) is 0. The summed E-state index contributed by atoms with van der Waals surface area (Å²) in [5, 5.41) is 25.7. The third kappa shape index (κ3) is 4.79. The number of benzene rings is 2. The zero-order chi connectivity index (χ0) is 25.3. The fourth-order valence-corrected chi connectivity index (χ4v) is 3.93. The van der Waals surface area contributed by atoms with Gasteiger partial charge in [0, 0.05) is 25.3 Å². The summed E-state index contributed by atoms with van der Waals surface area (Å²) in [4.78, 5) is 24.3. The highest BCUT2D eigenvalue weighted by molar-refractivity contribution is 6.04. The number of carboxylic acids is 1. The second kappa shape index (κ2) is 8.90. The number of likely N-dealkylation sites (tertiary alicyclic amines) is 1. The summed E-state index contributed by atoms with van der Waals surface area (Å²) in [6.45, 7) is -0.734. The van der Waals surface area contributed by atoms with Gasteiger partial charge >= 0.3 is 12.1 Å². The van der Waals surface area contributed by atoms with E-state index >= 15 is 8.78 Å². The molecule has 12 heteroatoms. The Balaban J connectivity index is 0.000000406. The lowest BCUT2D eigenvalue weighted by Crippen LogP contribution is -2.47. The lowest BCUT2D eigenvalue weighted by Gasteiger charge is -2.22. The Morgan fingerprint density at radius 3 is 2.29 bits per heavy atom. The van der Waals surface area contributed by atoms with Gasteiger partial charge in [-0.3, -0.25) is 9.69 Å². The van der Waals surface area contributed by atoms with Crippen LogP contribution in [0.4, 0.5) is 27.6 Å². The van der Waals surface area contributed by atoms with Crippen LogP contribution in [-0.4, -0.2) is 64.1 Å². The highest BCUT2D eigenvalue weighted by Gasteiger charge is 2.71. The Morgan fingerprint density at radius 1 is 1.09 bits per heavy atom. The maximum absolute atomic E-state index is 15.5. The third-order valence-corrected chi connectivity index (χ3v) is 5.46. The predicted octanol–water partition coefficient (Wildman–Crippen LogP) is 3.18. The van der Waals surface area contributed by atoms with Crippen LogP contribution in [0.3, 0.4) is 0 Å². The first kappa shape index (κ1) is 24.9. The zero-order valence-electron chi connectivity index (χ0n) is 17.4. The summed E-state index contributed by atoms with van der Waals surface area (Å²) in [6, 6.07) is 14.6. The van der Waals surface area contributed by atoms with Crippen LogP contribution in [0.2, 0.25) is 0 Å². The van der Waals surface area contributed by atoms with E-state index in [0.717, 1.165) is 4.90 Å². The Morgan fingerprint density at radius 2 is 1.74 bits per heavy atom. The minimum Gasteiger partial charge on any atom is -0.508 e. The van der Waals surface area contributed by atoms with E-state index in [2.05, 4.69) is 0 Å². The lowest BCUT2D eigenvalue weighted by atomic mass is 9.93. The zero-order valence-corrected chi connectivity index (χ0v) is 17.4. The van der Waals surface area contributed by atoms with E-state index < -0.39 is 35.9 Å². The highest BCUT2D eigenvalue weighted by Crippen LogP contribution is 2.47. The number of carbonyl (C=O) groups is 2. The van der Waals surface area contributed by atoms with Gasteiger partial charge in [-0.1, -0.05) is 18.2 Å². The molecule has 0 bridgehead atoms. The molecule has 4 rings (SSSR count). The average molecular weight is 483 g/mol. The topological polar surface area (TPSA) is 105 Å². The van der Waals surface area contributed by atoms with Gasteiger partial charge in [0.15, 0.2) is 5.67 Å². The Hall–Kier alpha value is -3.72. The van der Waals surface area contributed by atoms with Gasteiger partial charge in [-0.15, -0.1) is 0 Å². The second-order valence-corrected chi connectivity index (χ2v) is 7.94. The van der Waals surface area contributed by atoms with Gasteiger partial charge < -0.3 is 15.1 Å². The predicted molar refractivity (Wildman–Crippen MR) is 108 cm³/mol. The van der Waals surface area contributed by atoms with Crippen molar-refractivity contribution in [3.63, 3.8) is 0 Å². The molecule has 2 atom stereocenters. The largest absolute Gasteiger partial charge is 0.508 e. The van der Waals surface area contributed by atoms with Gasteiger partial charge in [-0.05, 0) is 35.9 Å². The van der Waals surface area contributed by atoms with Gasteiger partial charge in [0.05, 0.1) is 18.2 Å². The highest BCUT2D eigenvalue weighted by atomic mass is 19.4. The summed E-state index contributed by atoms with van der Waals surface area (Å²) in [6.07, 6.45) is -5.08. The summed E-state index contributed by atoms with van der Waals surface area (Å²) in [5.74, 6) is -3.59. The number of alkyl halides is 5. The van der Waals surface area contributed by atoms with Crippen LogP contribution in [0.1, 0.15) is 11.1 Å². The molecule has 0 radical (unpaired) electrons. The van der Waals surface area contributed by atoms with Gasteiger partial charge in [-0.2, -0.15) is 18.4 Å². The number of carbonyl (C=O) groups excluding carboxylic acids is 1. The minimum atomic E-state index is -5.08. The number of aliphatic carboxylic acids is 1. The van der Waals surface area contributed by atoms with E-state index in [0.29, 0.717) is 16.8 Å². The first-order valence-corrected chi connectivity index (χ1v) is 9.79. The molecule has 2 aliphatic heterocycles. The fourth-order valence-electron chi connectivity index (χ4n) is 3.93. The number of amides is 1. The number of carboxylic acid groups (broad SMARTS) is 1. The molecule has 34 heavy (non-hydrogen) atoms. The van der Waals surface area contributed by atoms with Crippen LogP contribution >= 0.6 is 0 Å². The number of nitriles is 1. The van der Waals surface area contributed by atoms with Gasteiger partial charge in [0.25, 0.3) is 5.91 Å². The molecule has 2 N–H and O–H groups in total. The molecule has 180 valence electrons. The molecular weight excluding hydrogens is 465 g/mol. The molecule has 0 saturated carbocycles. The summed E-state index contributed by atoms with van der Waals surface area (Å²) in [5.41, 5.74) is -3.60. The van der Waals surface area contributed by atoms with Crippen molar-refractivity contribution in [2.45, 2.75) is 24.1 Å². The van der Waals surface area contributed by atoms with E-state index in [1.165, 1.54) is 18.2 Å². The number of rotatable bonds is 3. The normalized spacial score (nSPS) is 24.2.